The van der Waals surface area contributed by atoms with Crippen molar-refractivity contribution in [2.75, 3.05) is 0 Å². The molecule has 2 N–H and O–H groups in total. The lowest BCUT2D eigenvalue weighted by Crippen LogP contribution is -2.49. The highest BCUT2D eigenvalue weighted by Gasteiger charge is 2.35. The number of rotatable bonds is 2. The molecule has 0 bridgehead atoms. The lowest BCUT2D eigenvalue weighted by molar-refractivity contribution is 0.0893. The van der Waals surface area contributed by atoms with E-state index < -0.39 is 5.54 Å². The standard InChI is InChI=1S/C15H18N2O2/c1-11-5-7-15(10-16,8-6-11)17-14(19)12-3-2-4-13(18)9-12/h2-4,9,11,18H,5-8H2,1H3,(H,17,19). The van der Waals surface area contributed by atoms with Crippen LogP contribution in [0.4, 0.5) is 0 Å². The highest BCUT2D eigenvalue weighted by Crippen LogP contribution is 2.31. The summed E-state index contributed by atoms with van der Waals surface area (Å²) in [6, 6.07) is 8.43. The number of nitrogens with zero attached hydrogens (tertiary/aromatic N) is 1. The Morgan fingerprint density at radius 2 is 2.16 bits per heavy atom. The third kappa shape index (κ3) is 3.05. The van der Waals surface area contributed by atoms with Gasteiger partial charge in [0.2, 0.25) is 0 Å². The van der Waals surface area contributed by atoms with Crippen LogP contribution in [0.5, 0.6) is 5.75 Å². The molecule has 1 aromatic rings. The van der Waals surface area contributed by atoms with Crippen LogP contribution in [0.25, 0.3) is 0 Å². The molecule has 4 heteroatoms. The van der Waals surface area contributed by atoms with E-state index in [1.807, 2.05) is 0 Å². The molecule has 4 nitrogen and oxygen atoms in total. The van der Waals surface area contributed by atoms with Crippen LogP contribution < -0.4 is 5.32 Å². The molecule has 0 spiro atoms. The van der Waals surface area contributed by atoms with Gasteiger partial charge in [-0.05, 0) is 49.8 Å². The second kappa shape index (κ2) is 5.31. The molecular weight excluding hydrogens is 240 g/mol. The quantitative estimate of drug-likeness (QED) is 0.856. The molecule has 1 aliphatic rings. The van der Waals surface area contributed by atoms with Gasteiger partial charge in [-0.1, -0.05) is 13.0 Å². The van der Waals surface area contributed by atoms with Crippen LogP contribution in [0.2, 0.25) is 0 Å². The second-order valence-corrected chi connectivity index (χ2v) is 5.38. The fourth-order valence-electron chi connectivity index (χ4n) is 2.46. The van der Waals surface area contributed by atoms with Crippen LogP contribution in [0, 0.1) is 17.2 Å². The van der Waals surface area contributed by atoms with E-state index in [9.17, 15) is 15.2 Å². The number of benzene rings is 1. The van der Waals surface area contributed by atoms with E-state index in [1.54, 1.807) is 12.1 Å². The van der Waals surface area contributed by atoms with Crippen molar-refractivity contribution >= 4 is 5.91 Å². The number of phenols is 1. The molecule has 19 heavy (non-hydrogen) atoms. The Bertz CT molecular complexity index is 511. The zero-order valence-corrected chi connectivity index (χ0v) is 11.0. The van der Waals surface area contributed by atoms with Gasteiger partial charge in [0, 0.05) is 5.56 Å². The number of nitriles is 1. The van der Waals surface area contributed by atoms with Crippen LogP contribution in [0.15, 0.2) is 24.3 Å². The molecule has 0 aromatic heterocycles. The fraction of sp³-hybridized carbons (Fsp3) is 0.467. The minimum absolute atomic E-state index is 0.0518. The maximum atomic E-state index is 12.1. The topological polar surface area (TPSA) is 73.1 Å². The normalized spacial score (nSPS) is 26.4. The van der Waals surface area contributed by atoms with E-state index in [2.05, 4.69) is 18.3 Å². The van der Waals surface area contributed by atoms with Gasteiger partial charge in [-0.2, -0.15) is 5.26 Å². The monoisotopic (exact) mass is 258 g/mol. The van der Waals surface area contributed by atoms with Gasteiger partial charge in [0.15, 0.2) is 0 Å². The predicted molar refractivity (Wildman–Crippen MR) is 71.5 cm³/mol. The van der Waals surface area contributed by atoms with Gasteiger partial charge in [0.1, 0.15) is 11.3 Å². The maximum absolute atomic E-state index is 12.1. The van der Waals surface area contributed by atoms with Gasteiger partial charge in [-0.25, -0.2) is 0 Å². The molecule has 0 unspecified atom stereocenters. The number of phenolic OH excluding ortho intramolecular Hbond substituents is 1. The van der Waals surface area contributed by atoms with E-state index in [1.165, 1.54) is 12.1 Å². The zero-order valence-electron chi connectivity index (χ0n) is 11.0. The molecule has 1 fully saturated rings. The van der Waals surface area contributed by atoms with Crippen molar-refractivity contribution in [3.63, 3.8) is 0 Å². The number of carbonyl (C=O) groups is 1. The number of nitrogens with one attached hydrogen (secondary N) is 1. The Morgan fingerprint density at radius 1 is 1.47 bits per heavy atom. The van der Waals surface area contributed by atoms with Gasteiger partial charge in [0.05, 0.1) is 6.07 Å². The first kappa shape index (κ1) is 13.4. The summed E-state index contributed by atoms with van der Waals surface area (Å²) in [7, 11) is 0. The van der Waals surface area contributed by atoms with Crippen molar-refractivity contribution in [3.05, 3.63) is 29.8 Å². The highest BCUT2D eigenvalue weighted by molar-refractivity contribution is 5.95. The summed E-state index contributed by atoms with van der Waals surface area (Å²) in [4.78, 5) is 12.1. The lowest BCUT2D eigenvalue weighted by atomic mass is 9.78. The van der Waals surface area contributed by atoms with Crippen molar-refractivity contribution in [1.82, 2.24) is 5.32 Å². The Hall–Kier alpha value is -2.02. The van der Waals surface area contributed by atoms with Crippen LogP contribution in [-0.4, -0.2) is 16.6 Å². The van der Waals surface area contributed by atoms with Gasteiger partial charge in [-0.15, -0.1) is 0 Å². The molecule has 1 aromatic carbocycles. The second-order valence-electron chi connectivity index (χ2n) is 5.38. The van der Waals surface area contributed by atoms with Crippen molar-refractivity contribution in [3.8, 4) is 11.8 Å². The highest BCUT2D eigenvalue weighted by atomic mass is 16.3. The van der Waals surface area contributed by atoms with Crippen LogP contribution >= 0.6 is 0 Å². The third-order valence-electron chi connectivity index (χ3n) is 3.80. The van der Waals surface area contributed by atoms with Crippen LogP contribution in [-0.2, 0) is 0 Å². The largest absolute Gasteiger partial charge is 0.508 e. The van der Waals surface area contributed by atoms with Gasteiger partial charge in [0.25, 0.3) is 5.91 Å². The molecule has 0 aliphatic heterocycles. The first-order chi connectivity index (χ1) is 9.04. The summed E-state index contributed by atoms with van der Waals surface area (Å²) < 4.78 is 0. The van der Waals surface area contributed by atoms with E-state index in [0.717, 1.165) is 12.8 Å². The summed E-state index contributed by atoms with van der Waals surface area (Å²) in [5.74, 6) is 0.363. The number of hydrogen-bond donors (Lipinski definition) is 2. The van der Waals surface area contributed by atoms with Gasteiger partial charge in [-0.3, -0.25) is 4.79 Å². The van der Waals surface area contributed by atoms with Crippen molar-refractivity contribution < 1.29 is 9.90 Å². The molecule has 0 heterocycles. The average molecular weight is 258 g/mol. The summed E-state index contributed by atoms with van der Waals surface area (Å²) >= 11 is 0. The molecular formula is C15H18N2O2. The molecule has 2 rings (SSSR count). The Labute approximate surface area is 113 Å². The SMILES string of the molecule is CC1CCC(C#N)(NC(=O)c2cccc(O)c2)CC1. The van der Waals surface area contributed by atoms with Crippen molar-refractivity contribution in [1.29, 1.82) is 5.26 Å². The van der Waals surface area contributed by atoms with E-state index in [0.29, 0.717) is 24.3 Å². The Kier molecular flexibility index (Phi) is 3.75. The smallest absolute Gasteiger partial charge is 0.252 e. The van der Waals surface area contributed by atoms with E-state index in [-0.39, 0.29) is 11.7 Å². The minimum Gasteiger partial charge on any atom is -0.508 e. The number of carbonyl (C=O) groups excluding carboxylic acids is 1. The fourth-order valence-corrected chi connectivity index (χ4v) is 2.46. The summed E-state index contributed by atoms with van der Waals surface area (Å²) in [6.07, 6.45) is 3.28. The molecule has 0 saturated heterocycles. The van der Waals surface area contributed by atoms with Crippen LogP contribution in [0.3, 0.4) is 0 Å². The maximum Gasteiger partial charge on any atom is 0.252 e. The Balaban J connectivity index is 2.11. The van der Waals surface area contributed by atoms with Gasteiger partial charge < -0.3 is 10.4 Å². The molecule has 1 amide bonds. The molecule has 100 valence electrons. The lowest BCUT2D eigenvalue weighted by Gasteiger charge is -2.34. The average Bonchev–Trinajstić information content (AvgIpc) is 2.42. The van der Waals surface area contributed by atoms with Crippen molar-refractivity contribution in [2.24, 2.45) is 5.92 Å². The first-order valence-corrected chi connectivity index (χ1v) is 6.57. The number of amides is 1. The van der Waals surface area contributed by atoms with E-state index >= 15 is 0 Å². The Morgan fingerprint density at radius 3 is 2.74 bits per heavy atom. The summed E-state index contributed by atoms with van der Waals surface area (Å²) in [5, 5.41) is 21.6. The van der Waals surface area contributed by atoms with Crippen molar-refractivity contribution in [2.45, 2.75) is 38.1 Å². The van der Waals surface area contributed by atoms with Gasteiger partial charge >= 0.3 is 0 Å². The molecule has 0 atom stereocenters. The number of hydrogen-bond acceptors (Lipinski definition) is 3. The molecule has 0 radical (unpaired) electrons. The third-order valence-corrected chi connectivity index (χ3v) is 3.80. The summed E-state index contributed by atoms with van der Waals surface area (Å²) in [6.45, 7) is 2.17. The minimum atomic E-state index is -0.755. The number of aromatic hydroxyl groups is 1. The van der Waals surface area contributed by atoms with E-state index in [4.69, 9.17) is 0 Å². The first-order valence-electron chi connectivity index (χ1n) is 6.57. The predicted octanol–water partition coefficient (Wildman–Crippen LogP) is 2.59. The molecule has 1 saturated carbocycles. The molecule has 1 aliphatic carbocycles. The summed E-state index contributed by atoms with van der Waals surface area (Å²) in [5.41, 5.74) is -0.372. The zero-order chi connectivity index (χ0) is 13.9. The van der Waals surface area contributed by atoms with Crippen LogP contribution in [0.1, 0.15) is 43.0 Å².